The highest BCUT2D eigenvalue weighted by atomic mass is 31.2. The first-order valence-electron chi connectivity index (χ1n) is 6.09. The van der Waals surface area contributed by atoms with E-state index in [2.05, 4.69) is 4.98 Å². The number of aromatic nitrogens is 2. The van der Waals surface area contributed by atoms with Crippen LogP contribution in [0.25, 0.3) is 11.5 Å². The van der Waals surface area contributed by atoms with Gasteiger partial charge in [0.25, 0.3) is 0 Å². The molecule has 0 atom stereocenters. The summed E-state index contributed by atoms with van der Waals surface area (Å²) in [7, 11) is -2.64. The molecule has 0 amide bonds. The standard InChI is InChI=1S/C12H14F3N2O2P/c1-3-20(18,4-2)10-5-6-19-11(10)9-7-17(8-16-9)12(13,14)15/h5-8H,3-4H2,1-2H3. The first-order valence-corrected chi connectivity index (χ1v) is 8.17. The molecule has 2 rings (SSSR count). The van der Waals surface area contributed by atoms with Gasteiger partial charge in [0, 0.05) is 18.5 Å². The van der Waals surface area contributed by atoms with Crippen molar-refractivity contribution in [3.63, 3.8) is 0 Å². The second-order valence-electron chi connectivity index (χ2n) is 4.29. The van der Waals surface area contributed by atoms with Gasteiger partial charge in [-0.15, -0.1) is 13.2 Å². The summed E-state index contributed by atoms with van der Waals surface area (Å²) in [5, 5.41) is 0.454. The molecule has 0 aliphatic rings. The molecule has 0 saturated carbocycles. The van der Waals surface area contributed by atoms with Crippen molar-refractivity contribution in [2.75, 3.05) is 12.3 Å². The predicted octanol–water partition coefficient (Wildman–Crippen LogP) is 3.65. The molecule has 0 spiro atoms. The van der Waals surface area contributed by atoms with Crippen LogP contribution in [-0.2, 0) is 10.9 Å². The Morgan fingerprint density at radius 3 is 2.50 bits per heavy atom. The summed E-state index contributed by atoms with van der Waals surface area (Å²) in [4.78, 5) is 3.70. The molecule has 0 aliphatic carbocycles. The van der Waals surface area contributed by atoms with Crippen LogP contribution >= 0.6 is 7.14 Å². The van der Waals surface area contributed by atoms with E-state index in [0.29, 0.717) is 24.0 Å². The molecule has 0 N–H and O–H groups in total. The maximum atomic E-state index is 12.7. The van der Waals surface area contributed by atoms with Gasteiger partial charge in [0.15, 0.2) is 5.76 Å². The van der Waals surface area contributed by atoms with Crippen molar-refractivity contribution in [2.24, 2.45) is 0 Å². The zero-order valence-electron chi connectivity index (χ0n) is 11.0. The van der Waals surface area contributed by atoms with Crippen molar-refractivity contribution in [2.45, 2.75) is 20.1 Å². The van der Waals surface area contributed by atoms with E-state index in [1.165, 1.54) is 6.26 Å². The fourth-order valence-corrected chi connectivity index (χ4v) is 3.96. The number of imidazole rings is 1. The fraction of sp³-hybridized carbons (Fsp3) is 0.417. The second-order valence-corrected chi connectivity index (χ2v) is 7.82. The van der Waals surface area contributed by atoms with Gasteiger partial charge in [-0.05, 0) is 6.07 Å². The summed E-state index contributed by atoms with van der Waals surface area (Å²) < 4.78 is 55.6. The molecule has 0 bridgehead atoms. The number of hydrogen-bond donors (Lipinski definition) is 0. The van der Waals surface area contributed by atoms with Crippen molar-refractivity contribution in [1.82, 2.24) is 9.55 Å². The Kier molecular flexibility index (Phi) is 3.82. The summed E-state index contributed by atoms with van der Waals surface area (Å²) >= 11 is 0. The molecule has 2 heterocycles. The van der Waals surface area contributed by atoms with Crippen LogP contribution in [0.15, 0.2) is 29.3 Å². The maximum Gasteiger partial charge on any atom is 0.489 e. The minimum absolute atomic E-state index is 0.0319. The van der Waals surface area contributed by atoms with Crippen LogP contribution in [0.5, 0.6) is 0 Å². The highest BCUT2D eigenvalue weighted by Crippen LogP contribution is 2.46. The van der Waals surface area contributed by atoms with E-state index in [9.17, 15) is 17.7 Å². The molecule has 0 radical (unpaired) electrons. The van der Waals surface area contributed by atoms with E-state index in [0.717, 1.165) is 6.20 Å². The summed E-state index contributed by atoms with van der Waals surface area (Å²) in [5.74, 6) is 0.153. The van der Waals surface area contributed by atoms with Crippen molar-refractivity contribution in [3.8, 4) is 11.5 Å². The lowest BCUT2D eigenvalue weighted by Crippen LogP contribution is -2.14. The van der Waals surface area contributed by atoms with Crippen LogP contribution in [-0.4, -0.2) is 21.9 Å². The number of halogens is 3. The minimum atomic E-state index is -4.53. The van der Waals surface area contributed by atoms with Crippen molar-refractivity contribution in [1.29, 1.82) is 0 Å². The lowest BCUT2D eigenvalue weighted by atomic mass is 10.3. The molecule has 20 heavy (non-hydrogen) atoms. The van der Waals surface area contributed by atoms with Gasteiger partial charge >= 0.3 is 6.30 Å². The molecule has 2 aromatic heterocycles. The van der Waals surface area contributed by atoms with Gasteiger partial charge in [0.2, 0.25) is 0 Å². The predicted molar refractivity (Wildman–Crippen MR) is 69.5 cm³/mol. The third kappa shape index (κ3) is 2.54. The zero-order chi connectivity index (χ0) is 15.0. The summed E-state index contributed by atoms with van der Waals surface area (Å²) in [6, 6.07) is 1.55. The second kappa shape index (κ2) is 5.13. The van der Waals surface area contributed by atoms with Gasteiger partial charge in [0.1, 0.15) is 19.2 Å². The number of furan rings is 1. The Hall–Kier alpha value is -1.49. The van der Waals surface area contributed by atoms with Crippen LogP contribution in [0, 0.1) is 0 Å². The molecular formula is C12H14F3N2O2P. The maximum absolute atomic E-state index is 12.7. The lowest BCUT2D eigenvalue weighted by Gasteiger charge is -2.13. The molecule has 0 saturated heterocycles. The van der Waals surface area contributed by atoms with Gasteiger partial charge in [-0.2, -0.15) is 0 Å². The largest absolute Gasteiger partial charge is 0.489 e. The molecular weight excluding hydrogens is 292 g/mol. The summed E-state index contributed by atoms with van der Waals surface area (Å²) in [6.45, 7) is 3.57. The van der Waals surface area contributed by atoms with Gasteiger partial charge in [-0.3, -0.25) is 0 Å². The van der Waals surface area contributed by atoms with Crippen LogP contribution < -0.4 is 5.30 Å². The minimum Gasteiger partial charge on any atom is -0.462 e. The van der Waals surface area contributed by atoms with Crippen molar-refractivity contribution < 1.29 is 22.2 Å². The molecule has 110 valence electrons. The number of alkyl halides is 3. The highest BCUT2D eigenvalue weighted by molar-refractivity contribution is 7.71. The lowest BCUT2D eigenvalue weighted by molar-refractivity contribution is -0.204. The van der Waals surface area contributed by atoms with E-state index in [-0.39, 0.29) is 16.0 Å². The van der Waals surface area contributed by atoms with Crippen molar-refractivity contribution in [3.05, 3.63) is 24.9 Å². The van der Waals surface area contributed by atoms with Crippen LogP contribution in [0.3, 0.4) is 0 Å². The normalized spacial score (nSPS) is 12.8. The Bertz CT molecular complexity index is 637. The van der Waals surface area contributed by atoms with Gasteiger partial charge in [-0.1, -0.05) is 13.8 Å². The van der Waals surface area contributed by atoms with Crippen LogP contribution in [0.1, 0.15) is 13.8 Å². The number of hydrogen-bond acceptors (Lipinski definition) is 3. The van der Waals surface area contributed by atoms with Gasteiger partial charge in [-0.25, -0.2) is 9.55 Å². The molecule has 8 heteroatoms. The quantitative estimate of drug-likeness (QED) is 0.810. The van der Waals surface area contributed by atoms with E-state index < -0.39 is 13.4 Å². The van der Waals surface area contributed by atoms with Gasteiger partial charge < -0.3 is 8.98 Å². The third-order valence-electron chi connectivity index (χ3n) is 3.21. The average molecular weight is 306 g/mol. The van der Waals surface area contributed by atoms with E-state index in [1.807, 2.05) is 0 Å². The molecule has 0 fully saturated rings. The molecule has 4 nitrogen and oxygen atoms in total. The Morgan fingerprint density at radius 1 is 1.35 bits per heavy atom. The monoisotopic (exact) mass is 306 g/mol. The third-order valence-corrected chi connectivity index (χ3v) is 6.49. The molecule has 2 aromatic rings. The summed E-state index contributed by atoms with van der Waals surface area (Å²) in [6.07, 6.45) is -0.846. The Morgan fingerprint density at radius 2 is 2.00 bits per heavy atom. The van der Waals surface area contributed by atoms with Crippen molar-refractivity contribution >= 4 is 12.4 Å². The summed E-state index contributed by atoms with van der Waals surface area (Å²) in [5.41, 5.74) is 0.0319. The molecule has 0 aromatic carbocycles. The number of rotatable bonds is 4. The Balaban J connectivity index is 2.48. The van der Waals surface area contributed by atoms with E-state index >= 15 is 0 Å². The SMILES string of the molecule is CCP(=O)(CC)c1ccoc1-c1cn(C(F)(F)F)cn1. The Labute approximate surface area is 114 Å². The fourth-order valence-electron chi connectivity index (χ4n) is 1.96. The van der Waals surface area contributed by atoms with Crippen LogP contribution in [0.4, 0.5) is 13.2 Å². The smallest absolute Gasteiger partial charge is 0.462 e. The van der Waals surface area contributed by atoms with Crippen LogP contribution in [0.2, 0.25) is 0 Å². The first-order chi connectivity index (χ1) is 9.31. The number of nitrogens with zero attached hydrogens (tertiary/aromatic N) is 2. The topological polar surface area (TPSA) is 48.0 Å². The molecule has 0 aliphatic heterocycles. The molecule has 0 unspecified atom stereocenters. The van der Waals surface area contributed by atoms with E-state index in [4.69, 9.17) is 4.42 Å². The average Bonchev–Trinajstić information content (AvgIpc) is 3.04. The first kappa shape index (κ1) is 14.9. The highest BCUT2D eigenvalue weighted by Gasteiger charge is 2.32. The van der Waals surface area contributed by atoms with E-state index in [1.54, 1.807) is 19.9 Å². The van der Waals surface area contributed by atoms with Gasteiger partial charge in [0.05, 0.1) is 11.6 Å². The zero-order valence-corrected chi connectivity index (χ0v) is 11.9.